The second kappa shape index (κ2) is 12.3. The Morgan fingerprint density at radius 1 is 0.300 bits per heavy atom. The number of hydrogen-bond donors (Lipinski definition) is 0. The maximum atomic E-state index is 3.89. The van der Waals surface area contributed by atoms with Gasteiger partial charge in [0, 0.05) is 11.1 Å². The maximum absolute atomic E-state index is 3.89. The zero-order valence-electron chi connectivity index (χ0n) is 27.7. The van der Waals surface area contributed by atoms with Gasteiger partial charge >= 0.3 is 0 Å². The minimum Gasteiger partial charge on any atom is -0.0765 e. The largest absolute Gasteiger partial charge is 0.107 e. The predicted molar refractivity (Wildman–Crippen MR) is 204 cm³/mol. The van der Waals surface area contributed by atoms with E-state index in [0.717, 1.165) is 35.1 Å². The lowest BCUT2D eigenvalue weighted by atomic mass is 9.61. The van der Waals surface area contributed by atoms with Crippen molar-refractivity contribution in [1.82, 2.24) is 0 Å². The molecule has 0 heteroatoms. The first-order chi connectivity index (χ1) is 24.8. The normalized spacial score (nSPS) is 14.2. The van der Waals surface area contributed by atoms with Crippen LogP contribution in [0.5, 0.6) is 0 Å². The van der Waals surface area contributed by atoms with Gasteiger partial charge in [-0.15, -0.1) is 0 Å². The molecule has 0 saturated carbocycles. The van der Waals surface area contributed by atoms with Gasteiger partial charge in [-0.3, -0.25) is 0 Å². The van der Waals surface area contributed by atoms with E-state index in [1.54, 1.807) is 0 Å². The van der Waals surface area contributed by atoms with E-state index in [1.165, 1.54) is 44.5 Å². The minimum atomic E-state index is -0.648. The predicted octanol–water partition coefficient (Wildman–Crippen LogP) is 10.3. The molecule has 50 heavy (non-hydrogen) atoms. The summed E-state index contributed by atoms with van der Waals surface area (Å²) in [5, 5.41) is 0. The zero-order valence-corrected chi connectivity index (χ0v) is 27.7. The van der Waals surface area contributed by atoms with E-state index in [9.17, 15) is 0 Å². The van der Waals surface area contributed by atoms with Gasteiger partial charge < -0.3 is 0 Å². The molecule has 0 saturated heterocycles. The lowest BCUT2D eigenvalue weighted by Crippen LogP contribution is -2.35. The molecule has 0 amide bonds. The van der Waals surface area contributed by atoms with Crippen molar-refractivity contribution in [3.63, 3.8) is 0 Å². The van der Waals surface area contributed by atoms with Gasteiger partial charge in [-0.25, -0.2) is 0 Å². The molecule has 0 aromatic heterocycles. The quantitative estimate of drug-likeness (QED) is 0.166. The van der Waals surface area contributed by atoms with Gasteiger partial charge in [0.2, 0.25) is 0 Å². The van der Waals surface area contributed by atoms with Crippen molar-refractivity contribution >= 4 is 0 Å². The molecule has 0 aliphatic heterocycles. The Kier molecular flexibility index (Phi) is 7.31. The molecule has 0 atom stereocenters. The van der Waals surface area contributed by atoms with E-state index < -0.39 is 10.8 Å². The highest BCUT2D eigenvalue weighted by Crippen LogP contribution is 2.49. The standard InChI is InChI=1S/C50H34/c1-3-15-37(16-4-1)31-33-49(45-23-11-7-19-39(45)35-40-20-8-12-24-46(40)49)43-27-29-44(30-28-43)50(34-32-38-17-5-2-6-18-38)47-25-13-9-21-41(47)36-42-22-10-14-26-48(42)50/h1-30H,35-36H2. The molecule has 0 fully saturated rings. The van der Waals surface area contributed by atoms with Crippen LogP contribution < -0.4 is 0 Å². The van der Waals surface area contributed by atoms with Crippen LogP contribution in [0.15, 0.2) is 182 Å². The van der Waals surface area contributed by atoms with E-state index in [1.807, 2.05) is 12.1 Å². The fraction of sp³-hybridized carbons (Fsp3) is 0.0800. The molecule has 0 nitrogen and oxygen atoms in total. The van der Waals surface area contributed by atoms with Crippen LogP contribution >= 0.6 is 0 Å². The van der Waals surface area contributed by atoms with E-state index in [0.29, 0.717) is 0 Å². The highest BCUT2D eigenvalue weighted by atomic mass is 14.4. The molecule has 0 spiro atoms. The number of hydrogen-bond acceptors (Lipinski definition) is 0. The van der Waals surface area contributed by atoms with Crippen LogP contribution in [0.4, 0.5) is 0 Å². The van der Waals surface area contributed by atoms with Crippen LogP contribution in [-0.2, 0) is 23.7 Å². The monoisotopic (exact) mass is 634 g/mol. The first kappa shape index (κ1) is 29.8. The average Bonchev–Trinajstić information content (AvgIpc) is 3.19. The van der Waals surface area contributed by atoms with E-state index in [4.69, 9.17) is 0 Å². The fourth-order valence-corrected chi connectivity index (χ4v) is 8.24. The summed E-state index contributed by atoms with van der Waals surface area (Å²) >= 11 is 0. The Labute approximate surface area is 295 Å². The van der Waals surface area contributed by atoms with Crippen molar-refractivity contribution in [1.29, 1.82) is 0 Å². The average molecular weight is 635 g/mol. The Balaban J connectivity index is 1.30. The molecule has 9 rings (SSSR count). The van der Waals surface area contributed by atoms with Crippen LogP contribution in [0.2, 0.25) is 0 Å². The molecule has 0 heterocycles. The summed E-state index contributed by atoms with van der Waals surface area (Å²) < 4.78 is 0. The van der Waals surface area contributed by atoms with E-state index >= 15 is 0 Å². The topological polar surface area (TPSA) is 0 Å². The second-order valence-electron chi connectivity index (χ2n) is 13.3. The van der Waals surface area contributed by atoms with Crippen LogP contribution in [0.3, 0.4) is 0 Å². The van der Waals surface area contributed by atoms with Gasteiger partial charge in [0.25, 0.3) is 0 Å². The third-order valence-corrected chi connectivity index (χ3v) is 10.5. The lowest BCUT2D eigenvalue weighted by Gasteiger charge is -2.40. The maximum Gasteiger partial charge on any atom is 0.107 e. The minimum absolute atomic E-state index is 0.648. The van der Waals surface area contributed by atoms with Gasteiger partial charge in [-0.1, -0.05) is 181 Å². The summed E-state index contributed by atoms with van der Waals surface area (Å²) in [6, 6.07) is 65.4. The highest BCUT2D eigenvalue weighted by molar-refractivity contribution is 5.70. The van der Waals surface area contributed by atoms with Gasteiger partial charge in [0.15, 0.2) is 0 Å². The molecule has 234 valence electrons. The molecule has 0 N–H and O–H groups in total. The van der Waals surface area contributed by atoms with Crippen molar-refractivity contribution in [2.45, 2.75) is 23.7 Å². The molecule has 2 aliphatic carbocycles. The molecular formula is C50H34. The van der Waals surface area contributed by atoms with Crippen molar-refractivity contribution in [2.75, 3.05) is 0 Å². The zero-order chi connectivity index (χ0) is 33.4. The molecule has 2 aliphatic rings. The Hall–Kier alpha value is -6.34. The van der Waals surface area contributed by atoms with Crippen molar-refractivity contribution in [2.24, 2.45) is 0 Å². The van der Waals surface area contributed by atoms with Crippen molar-refractivity contribution in [3.05, 3.63) is 249 Å². The number of benzene rings is 7. The van der Waals surface area contributed by atoms with Gasteiger partial charge in [-0.2, -0.15) is 0 Å². The van der Waals surface area contributed by atoms with Crippen molar-refractivity contribution < 1.29 is 0 Å². The second-order valence-corrected chi connectivity index (χ2v) is 13.3. The summed E-state index contributed by atoms with van der Waals surface area (Å²) in [6.45, 7) is 0. The smallest absolute Gasteiger partial charge is 0.0765 e. The van der Waals surface area contributed by atoms with E-state index in [-0.39, 0.29) is 0 Å². The Morgan fingerprint density at radius 2 is 0.580 bits per heavy atom. The third-order valence-electron chi connectivity index (χ3n) is 10.5. The molecule has 0 bridgehead atoms. The fourth-order valence-electron chi connectivity index (χ4n) is 8.24. The van der Waals surface area contributed by atoms with Gasteiger partial charge in [0.05, 0.1) is 0 Å². The molecule has 0 radical (unpaired) electrons. The van der Waals surface area contributed by atoms with Crippen LogP contribution in [-0.4, -0.2) is 0 Å². The third kappa shape index (κ3) is 4.81. The molecule has 7 aromatic carbocycles. The summed E-state index contributed by atoms with van der Waals surface area (Å²) in [6.07, 6.45) is 1.79. The van der Waals surface area contributed by atoms with Gasteiger partial charge in [0.1, 0.15) is 10.8 Å². The van der Waals surface area contributed by atoms with Crippen LogP contribution in [0, 0.1) is 23.7 Å². The number of fused-ring (bicyclic) bond motifs is 4. The summed E-state index contributed by atoms with van der Waals surface area (Å²) in [5.41, 5.74) is 13.3. The molecular weight excluding hydrogens is 601 g/mol. The molecule has 0 unspecified atom stereocenters. The lowest BCUT2D eigenvalue weighted by molar-refractivity contribution is 0.740. The first-order valence-electron chi connectivity index (χ1n) is 17.4. The number of rotatable bonds is 2. The Morgan fingerprint density at radius 3 is 0.900 bits per heavy atom. The van der Waals surface area contributed by atoms with Crippen molar-refractivity contribution in [3.8, 4) is 23.7 Å². The molecule has 7 aromatic rings. The Bertz CT molecular complexity index is 2210. The van der Waals surface area contributed by atoms with Crippen LogP contribution in [0.1, 0.15) is 66.8 Å². The van der Waals surface area contributed by atoms with Crippen LogP contribution in [0.25, 0.3) is 0 Å². The van der Waals surface area contributed by atoms with Gasteiger partial charge in [-0.05, 0) is 92.7 Å². The highest BCUT2D eigenvalue weighted by Gasteiger charge is 2.43. The summed E-state index contributed by atoms with van der Waals surface area (Å²) in [4.78, 5) is 0. The van der Waals surface area contributed by atoms with E-state index in [2.05, 4.69) is 194 Å². The summed E-state index contributed by atoms with van der Waals surface area (Å²) in [5.74, 6) is 15.0. The summed E-state index contributed by atoms with van der Waals surface area (Å²) in [7, 11) is 0. The first-order valence-corrected chi connectivity index (χ1v) is 17.4. The SMILES string of the molecule is C(#CC1(c2ccc(C3(C#Cc4ccccc4)c4ccccc4Cc4ccccc43)cc2)c2ccccc2Cc2ccccc21)c1ccccc1.